The molecular weight excluding hydrogens is 440 g/mol. The van der Waals surface area contributed by atoms with Crippen molar-refractivity contribution in [1.29, 1.82) is 0 Å². The van der Waals surface area contributed by atoms with Gasteiger partial charge in [-0.05, 0) is 79.1 Å². The Labute approximate surface area is 194 Å². The third-order valence-corrected chi connectivity index (χ3v) is 5.90. The molecular formula is C26H19ClN2O4. The number of hydrogen-bond acceptors (Lipinski definition) is 5. The van der Waals surface area contributed by atoms with Crippen molar-refractivity contribution in [3.05, 3.63) is 106 Å². The SMILES string of the molecule is Cc1cc(C)cc(N2C(=O)C(O)=C(C(=O)c3cc4cc(Cl)ccc4o3)C2c2ccncc2)c1. The van der Waals surface area contributed by atoms with E-state index in [1.807, 2.05) is 32.0 Å². The van der Waals surface area contributed by atoms with Gasteiger partial charge in [0.2, 0.25) is 5.78 Å². The van der Waals surface area contributed by atoms with Gasteiger partial charge in [0.15, 0.2) is 11.5 Å². The highest BCUT2D eigenvalue weighted by atomic mass is 35.5. The van der Waals surface area contributed by atoms with Crippen molar-refractivity contribution in [3.63, 3.8) is 0 Å². The molecule has 33 heavy (non-hydrogen) atoms. The van der Waals surface area contributed by atoms with Gasteiger partial charge in [0.25, 0.3) is 5.91 Å². The number of aliphatic hydroxyl groups is 1. The molecule has 0 saturated carbocycles. The molecule has 1 aliphatic rings. The quantitative estimate of drug-likeness (QED) is 0.386. The lowest BCUT2D eigenvalue weighted by molar-refractivity contribution is -0.117. The first kappa shape index (κ1) is 21.0. The predicted octanol–water partition coefficient (Wildman–Crippen LogP) is 5.88. The van der Waals surface area contributed by atoms with Crippen LogP contribution in [-0.2, 0) is 4.79 Å². The van der Waals surface area contributed by atoms with Crippen LogP contribution in [0.1, 0.15) is 33.3 Å². The number of aryl methyl sites for hydroxylation is 2. The number of halogens is 1. The fourth-order valence-corrected chi connectivity index (χ4v) is 4.49. The molecule has 0 fully saturated rings. The number of fused-ring (bicyclic) bond motifs is 1. The van der Waals surface area contributed by atoms with Crippen LogP contribution in [-0.4, -0.2) is 21.8 Å². The monoisotopic (exact) mass is 458 g/mol. The van der Waals surface area contributed by atoms with Gasteiger partial charge < -0.3 is 9.52 Å². The molecule has 4 aromatic rings. The first-order valence-electron chi connectivity index (χ1n) is 10.3. The van der Waals surface area contributed by atoms with Crippen LogP contribution in [0.2, 0.25) is 5.02 Å². The number of ketones is 1. The van der Waals surface area contributed by atoms with Gasteiger partial charge in [0.05, 0.1) is 11.6 Å². The van der Waals surface area contributed by atoms with Gasteiger partial charge in [-0.25, -0.2) is 0 Å². The summed E-state index contributed by atoms with van der Waals surface area (Å²) in [4.78, 5) is 32.4. The van der Waals surface area contributed by atoms with Crippen molar-refractivity contribution in [2.75, 3.05) is 4.90 Å². The third-order valence-electron chi connectivity index (χ3n) is 5.66. The summed E-state index contributed by atoms with van der Waals surface area (Å²) in [5.41, 5.74) is 3.59. The van der Waals surface area contributed by atoms with E-state index in [1.165, 1.54) is 4.90 Å². The lowest BCUT2D eigenvalue weighted by Crippen LogP contribution is -2.31. The molecule has 0 spiro atoms. The fraction of sp³-hybridized carbons (Fsp3) is 0.115. The largest absolute Gasteiger partial charge is 0.503 e. The Kier molecular flexibility index (Phi) is 5.02. The number of hydrogen-bond donors (Lipinski definition) is 1. The van der Waals surface area contributed by atoms with E-state index < -0.39 is 23.5 Å². The molecule has 2 aromatic heterocycles. The van der Waals surface area contributed by atoms with Crippen LogP contribution in [0.15, 0.2) is 82.7 Å². The summed E-state index contributed by atoms with van der Waals surface area (Å²) in [6.07, 6.45) is 3.17. The molecule has 1 amide bonds. The maximum Gasteiger partial charge on any atom is 0.294 e. The molecule has 6 nitrogen and oxygen atoms in total. The van der Waals surface area contributed by atoms with Crippen molar-refractivity contribution in [2.24, 2.45) is 0 Å². The number of carbonyl (C=O) groups excluding carboxylic acids is 2. The number of anilines is 1. The molecule has 2 aromatic carbocycles. The Morgan fingerprint density at radius 1 is 1.03 bits per heavy atom. The zero-order valence-electron chi connectivity index (χ0n) is 17.9. The van der Waals surface area contributed by atoms with Crippen molar-refractivity contribution >= 4 is 39.9 Å². The molecule has 1 N–H and O–H groups in total. The summed E-state index contributed by atoms with van der Waals surface area (Å²) >= 11 is 6.06. The van der Waals surface area contributed by atoms with E-state index in [0.29, 0.717) is 27.2 Å². The number of nitrogens with zero attached hydrogens (tertiary/aromatic N) is 2. The molecule has 5 rings (SSSR count). The number of furan rings is 1. The zero-order valence-corrected chi connectivity index (χ0v) is 18.6. The maximum absolute atomic E-state index is 13.6. The van der Waals surface area contributed by atoms with Gasteiger partial charge >= 0.3 is 0 Å². The lowest BCUT2D eigenvalue weighted by Gasteiger charge is -2.27. The molecule has 164 valence electrons. The summed E-state index contributed by atoms with van der Waals surface area (Å²) in [5, 5.41) is 12.1. The highest BCUT2D eigenvalue weighted by molar-refractivity contribution is 6.31. The Morgan fingerprint density at radius 2 is 1.73 bits per heavy atom. The van der Waals surface area contributed by atoms with E-state index in [4.69, 9.17) is 16.0 Å². The van der Waals surface area contributed by atoms with E-state index in [0.717, 1.165) is 11.1 Å². The lowest BCUT2D eigenvalue weighted by atomic mass is 9.95. The number of benzene rings is 2. The third kappa shape index (κ3) is 3.58. The van der Waals surface area contributed by atoms with Crippen molar-refractivity contribution in [3.8, 4) is 0 Å². The number of aliphatic hydroxyl groups excluding tert-OH is 1. The van der Waals surface area contributed by atoms with Crippen LogP contribution in [0, 0.1) is 13.8 Å². The van der Waals surface area contributed by atoms with E-state index in [2.05, 4.69) is 4.98 Å². The molecule has 7 heteroatoms. The van der Waals surface area contributed by atoms with Crippen molar-refractivity contribution in [2.45, 2.75) is 19.9 Å². The molecule has 0 bridgehead atoms. The minimum atomic E-state index is -0.842. The molecule has 0 saturated heterocycles. The Balaban J connectivity index is 1.67. The van der Waals surface area contributed by atoms with Crippen LogP contribution in [0.25, 0.3) is 11.0 Å². The van der Waals surface area contributed by atoms with E-state index >= 15 is 0 Å². The van der Waals surface area contributed by atoms with Crippen LogP contribution >= 0.6 is 11.6 Å². The summed E-state index contributed by atoms with van der Waals surface area (Å²) in [6, 6.07) is 14.9. The Bertz CT molecular complexity index is 1440. The van der Waals surface area contributed by atoms with Gasteiger partial charge in [-0.15, -0.1) is 0 Å². The van der Waals surface area contributed by atoms with Crippen LogP contribution in [0.3, 0.4) is 0 Å². The summed E-state index contributed by atoms with van der Waals surface area (Å²) in [5.74, 6) is -1.80. The topological polar surface area (TPSA) is 83.6 Å². The minimum Gasteiger partial charge on any atom is -0.503 e. The molecule has 0 radical (unpaired) electrons. The van der Waals surface area contributed by atoms with Gasteiger partial charge in [0, 0.05) is 28.5 Å². The second kappa shape index (κ2) is 7.90. The van der Waals surface area contributed by atoms with E-state index in [1.54, 1.807) is 48.8 Å². The highest BCUT2D eigenvalue weighted by Gasteiger charge is 2.45. The number of pyridine rings is 1. The van der Waals surface area contributed by atoms with E-state index in [9.17, 15) is 14.7 Å². The van der Waals surface area contributed by atoms with E-state index in [-0.39, 0.29) is 11.3 Å². The predicted molar refractivity (Wildman–Crippen MR) is 126 cm³/mol. The summed E-state index contributed by atoms with van der Waals surface area (Å²) in [7, 11) is 0. The zero-order chi connectivity index (χ0) is 23.3. The minimum absolute atomic E-state index is 0.0166. The smallest absolute Gasteiger partial charge is 0.294 e. The van der Waals surface area contributed by atoms with Crippen LogP contribution in [0.5, 0.6) is 0 Å². The van der Waals surface area contributed by atoms with Gasteiger partial charge in [-0.2, -0.15) is 0 Å². The summed E-state index contributed by atoms with van der Waals surface area (Å²) < 4.78 is 5.75. The second-order valence-corrected chi connectivity index (χ2v) is 8.52. The Morgan fingerprint density at radius 3 is 2.42 bits per heavy atom. The van der Waals surface area contributed by atoms with Gasteiger partial charge in [-0.1, -0.05) is 17.7 Å². The molecule has 3 heterocycles. The number of amides is 1. The summed E-state index contributed by atoms with van der Waals surface area (Å²) in [6.45, 7) is 3.86. The van der Waals surface area contributed by atoms with Gasteiger partial charge in [0.1, 0.15) is 5.58 Å². The number of rotatable bonds is 4. The van der Waals surface area contributed by atoms with Gasteiger partial charge in [-0.3, -0.25) is 19.5 Å². The van der Waals surface area contributed by atoms with Crippen molar-refractivity contribution in [1.82, 2.24) is 4.98 Å². The maximum atomic E-state index is 13.6. The molecule has 1 unspecified atom stereocenters. The standard InChI is InChI=1S/C26H19ClN2O4/c1-14-9-15(2)11-19(10-14)29-23(16-5-7-28-8-6-16)22(25(31)26(29)32)24(30)21-13-17-12-18(27)3-4-20(17)33-21/h3-13,23,31H,1-2H3. The highest BCUT2D eigenvalue weighted by Crippen LogP contribution is 2.42. The second-order valence-electron chi connectivity index (χ2n) is 8.09. The average Bonchev–Trinajstić information content (AvgIpc) is 3.32. The number of carbonyl (C=O) groups is 2. The average molecular weight is 459 g/mol. The number of aromatic nitrogens is 1. The number of Topliss-reactive ketones (excluding diaryl/α,β-unsaturated/α-hetero) is 1. The molecule has 0 aliphatic carbocycles. The normalized spacial score (nSPS) is 16.2. The van der Waals surface area contributed by atoms with Crippen LogP contribution < -0.4 is 4.90 Å². The molecule has 1 aliphatic heterocycles. The fourth-order valence-electron chi connectivity index (χ4n) is 4.31. The van der Waals surface area contributed by atoms with Crippen molar-refractivity contribution < 1.29 is 19.1 Å². The van der Waals surface area contributed by atoms with Crippen LogP contribution in [0.4, 0.5) is 5.69 Å². The molecule has 1 atom stereocenters. The first-order chi connectivity index (χ1) is 15.8. The Hall–Kier alpha value is -3.90. The first-order valence-corrected chi connectivity index (χ1v) is 10.7.